The lowest BCUT2D eigenvalue weighted by Crippen LogP contribution is -2.52. The molecule has 0 spiro atoms. The van der Waals surface area contributed by atoms with Gasteiger partial charge in [0.15, 0.2) is 0 Å². The molecule has 8 heteroatoms. The van der Waals surface area contributed by atoms with E-state index in [2.05, 4.69) is 20.1 Å². The second kappa shape index (κ2) is 7.79. The molecule has 0 unspecified atom stereocenters. The minimum Gasteiger partial charge on any atom is -0.478 e. The number of amides is 1. The number of hydrogen-bond acceptors (Lipinski definition) is 5. The highest BCUT2D eigenvalue weighted by molar-refractivity contribution is 5.94. The summed E-state index contributed by atoms with van der Waals surface area (Å²) in [5.41, 5.74) is 1.07. The number of carboxylic acids is 1. The summed E-state index contributed by atoms with van der Waals surface area (Å²) in [6.07, 6.45) is 3.04. The van der Waals surface area contributed by atoms with Gasteiger partial charge in [-0.3, -0.25) is 14.7 Å². The minimum atomic E-state index is -1.07. The number of aromatic nitrogens is 1. The van der Waals surface area contributed by atoms with Crippen molar-refractivity contribution in [2.45, 2.75) is 18.4 Å². The van der Waals surface area contributed by atoms with E-state index in [0.717, 1.165) is 51.3 Å². The maximum atomic E-state index is 13.1. The predicted octanol–water partition coefficient (Wildman–Crippen LogP) is 2.00. The first-order valence-electron chi connectivity index (χ1n) is 9.69. The van der Waals surface area contributed by atoms with Gasteiger partial charge in [0.1, 0.15) is 11.5 Å². The third kappa shape index (κ3) is 4.54. The van der Waals surface area contributed by atoms with Gasteiger partial charge in [-0.1, -0.05) is 0 Å². The normalized spacial score (nSPS) is 18.3. The maximum Gasteiger partial charge on any atom is 0.337 e. The van der Waals surface area contributed by atoms with Gasteiger partial charge in [-0.15, -0.1) is 0 Å². The van der Waals surface area contributed by atoms with E-state index < -0.39 is 5.97 Å². The molecule has 1 saturated heterocycles. The molecule has 1 aromatic carbocycles. The fourth-order valence-electron chi connectivity index (χ4n) is 3.68. The van der Waals surface area contributed by atoms with Gasteiger partial charge in [-0.25, -0.2) is 9.18 Å². The van der Waals surface area contributed by atoms with E-state index in [4.69, 9.17) is 5.11 Å². The largest absolute Gasteiger partial charge is 0.478 e. The van der Waals surface area contributed by atoms with Gasteiger partial charge in [-0.05, 0) is 49.2 Å². The lowest BCUT2D eigenvalue weighted by molar-refractivity contribution is 0.0695. The second-order valence-electron chi connectivity index (χ2n) is 7.71. The molecule has 1 aliphatic heterocycles. The molecule has 1 aliphatic carbocycles. The summed E-state index contributed by atoms with van der Waals surface area (Å²) in [7, 11) is 0. The van der Waals surface area contributed by atoms with Crippen molar-refractivity contribution < 1.29 is 19.1 Å². The van der Waals surface area contributed by atoms with Crippen LogP contribution in [0.4, 0.5) is 10.1 Å². The smallest absolute Gasteiger partial charge is 0.337 e. The first kappa shape index (κ1) is 19.3. The van der Waals surface area contributed by atoms with E-state index in [1.807, 2.05) is 0 Å². The number of carbonyl (C=O) groups excluding carboxylic acids is 1. The Hall–Kier alpha value is -3.00. The van der Waals surface area contributed by atoms with Crippen molar-refractivity contribution in [3.05, 3.63) is 59.7 Å². The Morgan fingerprint density at radius 1 is 1.07 bits per heavy atom. The fourth-order valence-corrected chi connectivity index (χ4v) is 3.68. The van der Waals surface area contributed by atoms with Crippen LogP contribution in [0.5, 0.6) is 0 Å². The summed E-state index contributed by atoms with van der Waals surface area (Å²) >= 11 is 0. The second-order valence-corrected chi connectivity index (χ2v) is 7.71. The van der Waals surface area contributed by atoms with Crippen LogP contribution in [0.15, 0.2) is 42.6 Å². The van der Waals surface area contributed by atoms with Gasteiger partial charge in [0, 0.05) is 44.6 Å². The number of hydrogen-bond donors (Lipinski definition) is 2. The van der Waals surface area contributed by atoms with Crippen LogP contribution in [0.25, 0.3) is 0 Å². The predicted molar refractivity (Wildman–Crippen MR) is 106 cm³/mol. The summed E-state index contributed by atoms with van der Waals surface area (Å²) in [5.74, 6) is -1.57. The number of carbonyl (C=O) groups is 2. The SMILES string of the molecule is O=C(O)c1ccc(C(=O)NC2(CN3CCN(c4ccc(F)cc4)CC3)CC2)nc1. The summed E-state index contributed by atoms with van der Waals surface area (Å²) in [6.45, 7) is 4.24. The minimum absolute atomic E-state index is 0.0571. The zero-order chi connectivity index (χ0) is 20.4. The highest BCUT2D eigenvalue weighted by Crippen LogP contribution is 2.36. The van der Waals surface area contributed by atoms with Crippen molar-refractivity contribution in [3.63, 3.8) is 0 Å². The molecular weight excluding hydrogens is 375 g/mol. The third-order valence-corrected chi connectivity index (χ3v) is 5.57. The van der Waals surface area contributed by atoms with Crippen LogP contribution in [-0.2, 0) is 0 Å². The number of nitrogens with zero attached hydrogens (tertiary/aromatic N) is 3. The maximum absolute atomic E-state index is 13.1. The Bertz CT molecular complexity index is 889. The number of halogens is 1. The molecule has 0 bridgehead atoms. The highest BCUT2D eigenvalue weighted by atomic mass is 19.1. The zero-order valence-electron chi connectivity index (χ0n) is 16.0. The van der Waals surface area contributed by atoms with E-state index in [9.17, 15) is 14.0 Å². The average molecular weight is 398 g/mol. The van der Waals surface area contributed by atoms with Gasteiger partial charge in [-0.2, -0.15) is 0 Å². The van der Waals surface area contributed by atoms with Crippen LogP contribution in [-0.4, -0.2) is 65.1 Å². The number of pyridine rings is 1. The molecule has 7 nitrogen and oxygen atoms in total. The van der Waals surface area contributed by atoms with Crippen molar-refractivity contribution in [2.24, 2.45) is 0 Å². The Balaban J connectivity index is 1.30. The standard InChI is InChI=1S/C21H23FN4O3/c22-16-2-4-17(5-3-16)26-11-9-25(10-12-26)14-21(7-8-21)24-19(27)18-6-1-15(13-23-18)20(28)29/h1-6,13H,7-12,14H2,(H,24,27)(H,28,29). The zero-order valence-corrected chi connectivity index (χ0v) is 16.0. The molecule has 2 N–H and O–H groups in total. The molecule has 1 saturated carbocycles. The number of carboxylic acid groups (broad SMARTS) is 1. The number of nitrogens with one attached hydrogen (secondary N) is 1. The molecule has 0 radical (unpaired) electrons. The summed E-state index contributed by atoms with van der Waals surface area (Å²) in [5, 5.41) is 12.0. The molecule has 2 heterocycles. The molecule has 1 amide bonds. The van der Waals surface area contributed by atoms with Crippen molar-refractivity contribution in [1.82, 2.24) is 15.2 Å². The van der Waals surface area contributed by atoms with Crippen LogP contribution in [0, 0.1) is 5.82 Å². The number of anilines is 1. The summed E-state index contributed by atoms with van der Waals surface area (Å²) in [6, 6.07) is 9.39. The van der Waals surface area contributed by atoms with Gasteiger partial charge in [0.05, 0.1) is 11.1 Å². The molecule has 2 aliphatic rings. The van der Waals surface area contributed by atoms with Gasteiger partial charge >= 0.3 is 5.97 Å². The topological polar surface area (TPSA) is 85.8 Å². The van der Waals surface area contributed by atoms with Crippen molar-refractivity contribution in [2.75, 3.05) is 37.6 Å². The summed E-state index contributed by atoms with van der Waals surface area (Å²) in [4.78, 5) is 32.0. The Morgan fingerprint density at radius 3 is 2.31 bits per heavy atom. The van der Waals surface area contributed by atoms with Crippen LogP contribution < -0.4 is 10.2 Å². The highest BCUT2D eigenvalue weighted by Gasteiger charge is 2.45. The average Bonchev–Trinajstić information content (AvgIpc) is 3.48. The molecule has 4 rings (SSSR count). The van der Waals surface area contributed by atoms with Crippen LogP contribution in [0.1, 0.15) is 33.7 Å². The lowest BCUT2D eigenvalue weighted by Gasteiger charge is -2.38. The molecule has 2 fully saturated rings. The van der Waals surface area contributed by atoms with Gasteiger partial charge in [0.25, 0.3) is 5.91 Å². The number of aromatic carboxylic acids is 1. The molecular formula is C21H23FN4O3. The number of rotatable bonds is 6. The Morgan fingerprint density at radius 2 is 1.76 bits per heavy atom. The first-order chi connectivity index (χ1) is 13.9. The van der Waals surface area contributed by atoms with E-state index in [1.54, 1.807) is 12.1 Å². The molecule has 2 aromatic rings. The Kier molecular flexibility index (Phi) is 5.19. The van der Waals surface area contributed by atoms with Crippen molar-refractivity contribution >= 4 is 17.6 Å². The van der Waals surface area contributed by atoms with Gasteiger partial charge in [0.2, 0.25) is 0 Å². The quantitative estimate of drug-likeness (QED) is 0.774. The molecule has 29 heavy (non-hydrogen) atoms. The van der Waals surface area contributed by atoms with Crippen LogP contribution >= 0.6 is 0 Å². The monoisotopic (exact) mass is 398 g/mol. The lowest BCUT2D eigenvalue weighted by atomic mass is 10.2. The van der Waals surface area contributed by atoms with Crippen LogP contribution in [0.2, 0.25) is 0 Å². The van der Waals surface area contributed by atoms with Crippen LogP contribution in [0.3, 0.4) is 0 Å². The number of piperazine rings is 1. The first-order valence-corrected chi connectivity index (χ1v) is 9.69. The van der Waals surface area contributed by atoms with E-state index in [-0.39, 0.29) is 28.5 Å². The molecule has 152 valence electrons. The number of benzene rings is 1. The van der Waals surface area contributed by atoms with E-state index >= 15 is 0 Å². The molecule has 0 atom stereocenters. The van der Waals surface area contributed by atoms with Gasteiger partial charge < -0.3 is 15.3 Å². The van der Waals surface area contributed by atoms with E-state index in [0.29, 0.717) is 0 Å². The molecule has 1 aromatic heterocycles. The summed E-state index contributed by atoms with van der Waals surface area (Å²) < 4.78 is 13.1. The van der Waals surface area contributed by atoms with E-state index in [1.165, 1.54) is 30.5 Å². The Labute approximate surface area is 168 Å². The van der Waals surface area contributed by atoms with Crippen molar-refractivity contribution in [3.8, 4) is 0 Å². The van der Waals surface area contributed by atoms with Crippen molar-refractivity contribution in [1.29, 1.82) is 0 Å². The fraction of sp³-hybridized carbons (Fsp3) is 0.381. The third-order valence-electron chi connectivity index (χ3n) is 5.57.